The number of amides is 1. The number of hydrogen-bond acceptors (Lipinski definition) is 3. The van der Waals surface area contributed by atoms with Gasteiger partial charge in [-0.2, -0.15) is 0 Å². The Kier molecular flexibility index (Phi) is 3.77. The van der Waals surface area contributed by atoms with Gasteiger partial charge in [-0.05, 0) is 37.0 Å². The van der Waals surface area contributed by atoms with E-state index >= 15 is 0 Å². The molecule has 2 rings (SSSR count). The van der Waals surface area contributed by atoms with Crippen LogP contribution in [0.25, 0.3) is 0 Å². The standard InChI is InChI=1S/C14H17NO3/c1-2-10-5-6-12-11(9-10)13(17)14(18)15(12)7-3-4-8-16/h5-6,9,16H,2-4,7-8H2,1H3. The number of benzene rings is 1. The zero-order valence-electron chi connectivity index (χ0n) is 10.5. The van der Waals surface area contributed by atoms with Gasteiger partial charge >= 0.3 is 0 Å². The van der Waals surface area contributed by atoms with Gasteiger partial charge in [0.2, 0.25) is 0 Å². The molecule has 1 N–H and O–H groups in total. The first-order valence-corrected chi connectivity index (χ1v) is 6.29. The van der Waals surface area contributed by atoms with E-state index in [1.807, 2.05) is 25.1 Å². The molecule has 1 heterocycles. The summed E-state index contributed by atoms with van der Waals surface area (Å²) in [5, 5.41) is 8.75. The van der Waals surface area contributed by atoms with Gasteiger partial charge in [-0.15, -0.1) is 0 Å². The Morgan fingerprint density at radius 3 is 2.67 bits per heavy atom. The number of ketones is 1. The van der Waals surface area contributed by atoms with Crippen LogP contribution in [0, 0.1) is 0 Å². The number of hydrogen-bond donors (Lipinski definition) is 1. The smallest absolute Gasteiger partial charge is 0.299 e. The van der Waals surface area contributed by atoms with Gasteiger partial charge < -0.3 is 10.0 Å². The number of nitrogens with zero attached hydrogens (tertiary/aromatic N) is 1. The van der Waals surface area contributed by atoms with Crippen molar-refractivity contribution in [2.24, 2.45) is 0 Å². The van der Waals surface area contributed by atoms with Gasteiger partial charge in [-0.25, -0.2) is 0 Å². The minimum Gasteiger partial charge on any atom is -0.396 e. The number of rotatable bonds is 5. The van der Waals surface area contributed by atoms with Crippen LogP contribution in [-0.4, -0.2) is 29.9 Å². The Hall–Kier alpha value is -1.68. The summed E-state index contributed by atoms with van der Waals surface area (Å²) in [5.41, 5.74) is 2.29. The molecule has 4 heteroatoms. The molecule has 0 atom stereocenters. The summed E-state index contributed by atoms with van der Waals surface area (Å²) in [7, 11) is 0. The van der Waals surface area contributed by atoms with E-state index in [4.69, 9.17) is 5.11 Å². The van der Waals surface area contributed by atoms with Crippen molar-refractivity contribution in [3.63, 3.8) is 0 Å². The molecular formula is C14H17NO3. The van der Waals surface area contributed by atoms with Crippen molar-refractivity contribution in [2.75, 3.05) is 18.1 Å². The van der Waals surface area contributed by atoms with E-state index in [0.29, 0.717) is 30.6 Å². The van der Waals surface area contributed by atoms with Crippen LogP contribution in [0.5, 0.6) is 0 Å². The number of unbranched alkanes of at least 4 members (excludes halogenated alkanes) is 1. The highest BCUT2D eigenvalue weighted by atomic mass is 16.3. The lowest BCUT2D eigenvalue weighted by molar-refractivity contribution is -0.114. The maximum absolute atomic E-state index is 11.9. The Balaban J connectivity index is 2.26. The fraction of sp³-hybridized carbons (Fsp3) is 0.429. The molecule has 1 aliphatic rings. The molecule has 0 saturated carbocycles. The average molecular weight is 247 g/mol. The van der Waals surface area contributed by atoms with Crippen LogP contribution in [0.2, 0.25) is 0 Å². The molecule has 0 bridgehead atoms. The zero-order valence-corrected chi connectivity index (χ0v) is 10.5. The van der Waals surface area contributed by atoms with Crippen LogP contribution in [-0.2, 0) is 11.2 Å². The van der Waals surface area contributed by atoms with Gasteiger partial charge in [0.1, 0.15) is 0 Å². The normalized spacial score (nSPS) is 14.2. The molecule has 0 fully saturated rings. The first-order chi connectivity index (χ1) is 8.69. The lowest BCUT2D eigenvalue weighted by Crippen LogP contribution is -2.30. The molecule has 1 aliphatic heterocycles. The maximum atomic E-state index is 11.9. The van der Waals surface area contributed by atoms with E-state index in [9.17, 15) is 9.59 Å². The summed E-state index contributed by atoms with van der Waals surface area (Å²) < 4.78 is 0. The van der Waals surface area contributed by atoms with E-state index in [2.05, 4.69) is 0 Å². The van der Waals surface area contributed by atoms with Crippen LogP contribution < -0.4 is 4.90 Å². The summed E-state index contributed by atoms with van der Waals surface area (Å²) in [6, 6.07) is 5.60. The molecule has 0 unspecified atom stereocenters. The lowest BCUT2D eigenvalue weighted by atomic mass is 10.1. The summed E-state index contributed by atoms with van der Waals surface area (Å²) in [6.45, 7) is 2.61. The number of anilines is 1. The highest BCUT2D eigenvalue weighted by Crippen LogP contribution is 2.30. The maximum Gasteiger partial charge on any atom is 0.299 e. The minimum absolute atomic E-state index is 0.109. The second-order valence-electron chi connectivity index (χ2n) is 4.42. The minimum atomic E-state index is -0.448. The Morgan fingerprint density at radius 2 is 2.00 bits per heavy atom. The highest BCUT2D eigenvalue weighted by molar-refractivity contribution is 6.52. The molecule has 18 heavy (non-hydrogen) atoms. The number of fused-ring (bicyclic) bond motifs is 1. The second kappa shape index (κ2) is 5.31. The molecule has 0 spiro atoms. The van der Waals surface area contributed by atoms with Crippen LogP contribution in [0.1, 0.15) is 35.7 Å². The van der Waals surface area contributed by atoms with Crippen LogP contribution in [0.4, 0.5) is 5.69 Å². The zero-order chi connectivity index (χ0) is 13.1. The average Bonchev–Trinajstić information content (AvgIpc) is 2.63. The fourth-order valence-electron chi connectivity index (χ4n) is 2.17. The van der Waals surface area contributed by atoms with Crippen molar-refractivity contribution < 1.29 is 14.7 Å². The number of aliphatic hydroxyl groups excluding tert-OH is 1. The third kappa shape index (κ3) is 2.16. The number of carbonyl (C=O) groups excluding carboxylic acids is 2. The van der Waals surface area contributed by atoms with Crippen molar-refractivity contribution in [3.8, 4) is 0 Å². The van der Waals surface area contributed by atoms with Gasteiger partial charge in [0.15, 0.2) is 0 Å². The quantitative estimate of drug-likeness (QED) is 0.634. The molecule has 0 saturated heterocycles. The highest BCUT2D eigenvalue weighted by Gasteiger charge is 2.35. The van der Waals surface area contributed by atoms with Crippen molar-refractivity contribution in [1.82, 2.24) is 0 Å². The summed E-state index contributed by atoms with van der Waals surface area (Å²) in [6.07, 6.45) is 2.18. The van der Waals surface area contributed by atoms with Gasteiger partial charge in [-0.3, -0.25) is 9.59 Å². The van der Waals surface area contributed by atoms with Crippen LogP contribution in [0.15, 0.2) is 18.2 Å². The van der Waals surface area contributed by atoms with Crippen molar-refractivity contribution in [2.45, 2.75) is 26.2 Å². The SMILES string of the molecule is CCc1ccc2c(c1)C(=O)C(=O)N2CCCCO. The molecule has 0 aliphatic carbocycles. The van der Waals surface area contributed by atoms with E-state index in [1.165, 1.54) is 4.90 Å². The molecule has 1 aromatic carbocycles. The first-order valence-electron chi connectivity index (χ1n) is 6.29. The van der Waals surface area contributed by atoms with Gasteiger partial charge in [-0.1, -0.05) is 13.0 Å². The predicted octanol–water partition coefficient (Wildman–Crippen LogP) is 1.55. The molecular weight excluding hydrogens is 230 g/mol. The van der Waals surface area contributed by atoms with Crippen molar-refractivity contribution in [1.29, 1.82) is 0 Å². The summed E-state index contributed by atoms with van der Waals surface area (Å²) in [5.74, 6) is -0.861. The molecule has 1 aromatic rings. The third-order valence-corrected chi connectivity index (χ3v) is 3.23. The fourth-order valence-corrected chi connectivity index (χ4v) is 2.17. The van der Waals surface area contributed by atoms with Crippen LogP contribution in [0.3, 0.4) is 0 Å². The molecule has 0 radical (unpaired) electrons. The van der Waals surface area contributed by atoms with Crippen LogP contribution >= 0.6 is 0 Å². The van der Waals surface area contributed by atoms with Gasteiger partial charge in [0, 0.05) is 13.2 Å². The monoisotopic (exact) mass is 247 g/mol. The summed E-state index contributed by atoms with van der Waals surface area (Å²) >= 11 is 0. The Bertz CT molecular complexity index is 482. The Morgan fingerprint density at radius 1 is 1.22 bits per heavy atom. The summed E-state index contributed by atoms with van der Waals surface area (Å²) in [4.78, 5) is 25.3. The molecule has 4 nitrogen and oxygen atoms in total. The number of aliphatic hydroxyl groups is 1. The number of Topliss-reactive ketones (excluding diaryl/α,β-unsaturated/α-hetero) is 1. The lowest BCUT2D eigenvalue weighted by Gasteiger charge is -2.16. The molecule has 1 amide bonds. The largest absolute Gasteiger partial charge is 0.396 e. The van der Waals surface area contributed by atoms with Gasteiger partial charge in [0.25, 0.3) is 11.7 Å². The van der Waals surface area contributed by atoms with E-state index < -0.39 is 11.7 Å². The van der Waals surface area contributed by atoms with E-state index in [1.54, 1.807) is 0 Å². The second-order valence-corrected chi connectivity index (χ2v) is 4.42. The molecule has 96 valence electrons. The molecule has 0 aromatic heterocycles. The predicted molar refractivity (Wildman–Crippen MR) is 68.8 cm³/mol. The van der Waals surface area contributed by atoms with Crippen molar-refractivity contribution in [3.05, 3.63) is 29.3 Å². The first kappa shape index (κ1) is 12.8. The van der Waals surface area contributed by atoms with E-state index in [0.717, 1.165) is 12.0 Å². The van der Waals surface area contributed by atoms with E-state index in [-0.39, 0.29) is 6.61 Å². The van der Waals surface area contributed by atoms with Crippen molar-refractivity contribution >= 4 is 17.4 Å². The topological polar surface area (TPSA) is 57.6 Å². The van der Waals surface area contributed by atoms with Gasteiger partial charge in [0.05, 0.1) is 11.3 Å². The third-order valence-electron chi connectivity index (χ3n) is 3.23. The number of carbonyl (C=O) groups is 2. The number of aryl methyl sites for hydroxylation is 1. The Labute approximate surface area is 106 Å².